The molecule has 0 fully saturated rings. The smallest absolute Gasteiger partial charge is 0.264 e. The minimum Gasteiger partial charge on any atom is -0.497 e. The zero-order valence-corrected chi connectivity index (χ0v) is 24.8. The monoisotopic (exact) mass is 583 g/mol. The number of carbonyl (C=O) groups excluding carboxylic acids is 2. The van der Waals surface area contributed by atoms with Crippen LogP contribution in [-0.4, -0.2) is 65.6 Å². The first-order valence-corrected chi connectivity index (χ1v) is 14.6. The lowest BCUT2D eigenvalue weighted by atomic mass is 10.1. The van der Waals surface area contributed by atoms with Gasteiger partial charge in [-0.05, 0) is 55.3 Å². The fraction of sp³-hybridized carbons (Fsp3) is 0.333. The zero-order chi connectivity index (χ0) is 30.0. The molecule has 0 saturated heterocycles. The first kappa shape index (κ1) is 31.3. The first-order valence-electron chi connectivity index (χ1n) is 13.2. The maximum absolute atomic E-state index is 14.1. The molecule has 0 saturated carbocycles. The van der Waals surface area contributed by atoms with Crippen molar-refractivity contribution in [3.8, 4) is 17.2 Å². The molecule has 2 amide bonds. The molecule has 3 aromatic carbocycles. The van der Waals surface area contributed by atoms with Crippen molar-refractivity contribution in [2.75, 3.05) is 38.7 Å². The molecule has 0 aliphatic heterocycles. The van der Waals surface area contributed by atoms with E-state index in [2.05, 4.69) is 5.32 Å². The molecule has 0 bridgehead atoms. The predicted molar refractivity (Wildman–Crippen MR) is 157 cm³/mol. The van der Waals surface area contributed by atoms with E-state index in [0.717, 1.165) is 9.87 Å². The summed E-state index contributed by atoms with van der Waals surface area (Å²) in [5.41, 5.74) is 1.03. The maximum Gasteiger partial charge on any atom is 0.264 e. The molecular formula is C30H37N3O7S. The van der Waals surface area contributed by atoms with Crippen molar-refractivity contribution in [2.24, 2.45) is 0 Å². The van der Waals surface area contributed by atoms with Gasteiger partial charge in [-0.1, -0.05) is 37.3 Å². The van der Waals surface area contributed by atoms with Gasteiger partial charge in [0.15, 0.2) is 11.5 Å². The Labute approximate surface area is 241 Å². The van der Waals surface area contributed by atoms with Crippen LogP contribution in [0.4, 0.5) is 5.69 Å². The van der Waals surface area contributed by atoms with Gasteiger partial charge in [-0.25, -0.2) is 8.42 Å². The van der Waals surface area contributed by atoms with Gasteiger partial charge in [0, 0.05) is 19.2 Å². The highest BCUT2D eigenvalue weighted by Crippen LogP contribution is 2.32. The Morgan fingerprint density at radius 2 is 1.56 bits per heavy atom. The van der Waals surface area contributed by atoms with Gasteiger partial charge >= 0.3 is 0 Å². The van der Waals surface area contributed by atoms with Crippen LogP contribution in [0.15, 0.2) is 77.7 Å². The van der Waals surface area contributed by atoms with Gasteiger partial charge in [-0.15, -0.1) is 0 Å². The second-order valence-corrected chi connectivity index (χ2v) is 10.9. The van der Waals surface area contributed by atoms with E-state index in [1.165, 1.54) is 37.3 Å². The molecular weight excluding hydrogens is 546 g/mol. The minimum atomic E-state index is -4.26. The Morgan fingerprint density at radius 3 is 2.17 bits per heavy atom. The molecule has 0 spiro atoms. The molecule has 3 aromatic rings. The van der Waals surface area contributed by atoms with Crippen molar-refractivity contribution >= 4 is 27.5 Å². The Kier molecular flexibility index (Phi) is 11.0. The average Bonchev–Trinajstić information content (AvgIpc) is 2.99. The van der Waals surface area contributed by atoms with Crippen molar-refractivity contribution in [1.82, 2.24) is 10.2 Å². The van der Waals surface area contributed by atoms with Crippen LogP contribution in [0.2, 0.25) is 0 Å². The largest absolute Gasteiger partial charge is 0.497 e. The highest BCUT2D eigenvalue weighted by atomic mass is 32.2. The van der Waals surface area contributed by atoms with Crippen LogP contribution >= 0.6 is 0 Å². The zero-order valence-electron chi connectivity index (χ0n) is 24.0. The van der Waals surface area contributed by atoms with Gasteiger partial charge < -0.3 is 24.4 Å². The summed E-state index contributed by atoms with van der Waals surface area (Å²) in [6.45, 7) is 3.53. The number of nitrogens with one attached hydrogen (secondary N) is 1. The number of sulfonamides is 1. The maximum atomic E-state index is 14.1. The molecule has 220 valence electrons. The molecule has 1 N–H and O–H groups in total. The number of hydrogen-bond acceptors (Lipinski definition) is 7. The van der Waals surface area contributed by atoms with E-state index in [4.69, 9.17) is 14.2 Å². The molecule has 11 heteroatoms. The van der Waals surface area contributed by atoms with Crippen molar-refractivity contribution in [3.63, 3.8) is 0 Å². The number of carbonyl (C=O) groups is 2. The SMILES string of the molecule is CCNC(=O)[C@H](CC)N(Cc1cccc(OC)c1)C(=O)CN(c1ccccc1)S(=O)(=O)c1ccc(OC)c(OC)c1. The number of para-hydroxylation sites is 1. The van der Waals surface area contributed by atoms with Crippen molar-refractivity contribution in [2.45, 2.75) is 37.8 Å². The number of benzene rings is 3. The van der Waals surface area contributed by atoms with E-state index in [1.807, 2.05) is 6.07 Å². The molecule has 0 heterocycles. The Balaban J connectivity index is 2.07. The molecule has 0 aliphatic carbocycles. The topological polar surface area (TPSA) is 114 Å². The van der Waals surface area contributed by atoms with Crippen LogP contribution in [0.3, 0.4) is 0 Å². The van der Waals surface area contributed by atoms with Gasteiger partial charge in [0.2, 0.25) is 11.8 Å². The van der Waals surface area contributed by atoms with E-state index in [9.17, 15) is 18.0 Å². The normalized spacial score (nSPS) is 11.7. The van der Waals surface area contributed by atoms with E-state index >= 15 is 0 Å². The molecule has 0 aromatic heterocycles. The average molecular weight is 584 g/mol. The highest BCUT2D eigenvalue weighted by Gasteiger charge is 2.34. The highest BCUT2D eigenvalue weighted by molar-refractivity contribution is 7.92. The number of amides is 2. The second-order valence-electron chi connectivity index (χ2n) is 9.06. The fourth-order valence-electron chi connectivity index (χ4n) is 4.41. The lowest BCUT2D eigenvalue weighted by Crippen LogP contribution is -2.52. The van der Waals surface area contributed by atoms with Crippen LogP contribution in [-0.2, 0) is 26.2 Å². The third kappa shape index (κ3) is 7.49. The molecule has 0 unspecified atom stereocenters. The summed E-state index contributed by atoms with van der Waals surface area (Å²) in [6.07, 6.45) is 0.329. The van der Waals surface area contributed by atoms with Crippen LogP contribution in [0.1, 0.15) is 25.8 Å². The summed E-state index contributed by atoms with van der Waals surface area (Å²) in [6, 6.07) is 18.9. The van der Waals surface area contributed by atoms with Gasteiger partial charge in [0.05, 0.1) is 31.9 Å². The second kappa shape index (κ2) is 14.4. The van der Waals surface area contributed by atoms with E-state index in [0.29, 0.717) is 30.2 Å². The fourth-order valence-corrected chi connectivity index (χ4v) is 5.84. The summed E-state index contributed by atoms with van der Waals surface area (Å²) >= 11 is 0. The van der Waals surface area contributed by atoms with Gasteiger partial charge in [0.25, 0.3) is 10.0 Å². The van der Waals surface area contributed by atoms with Crippen molar-refractivity contribution in [3.05, 3.63) is 78.4 Å². The Hall–Kier alpha value is -4.25. The molecule has 0 aliphatic rings. The first-order chi connectivity index (χ1) is 19.7. The third-order valence-corrected chi connectivity index (χ3v) is 8.26. The number of ether oxygens (including phenoxy) is 3. The van der Waals surface area contributed by atoms with Crippen LogP contribution in [0.5, 0.6) is 17.2 Å². The van der Waals surface area contributed by atoms with Gasteiger partial charge in [-0.2, -0.15) is 0 Å². The summed E-state index contributed by atoms with van der Waals surface area (Å²) in [5, 5.41) is 2.79. The predicted octanol–water partition coefficient (Wildman–Crippen LogP) is 3.85. The molecule has 41 heavy (non-hydrogen) atoms. The van der Waals surface area contributed by atoms with E-state index in [-0.39, 0.29) is 23.1 Å². The molecule has 1 atom stereocenters. The molecule has 0 radical (unpaired) electrons. The standard InChI is InChI=1S/C30H37N3O7S/c1-6-26(30(35)31-7-2)32(20-22-12-11-15-24(18-22)38-3)29(34)21-33(23-13-9-8-10-14-23)41(36,37)25-16-17-27(39-4)28(19-25)40-5/h8-19,26H,6-7,20-21H2,1-5H3,(H,31,35)/t26-/m0/s1. The van der Waals surface area contributed by atoms with Crippen LogP contribution in [0, 0.1) is 0 Å². The Bertz CT molecular complexity index is 1430. The summed E-state index contributed by atoms with van der Waals surface area (Å²) < 4.78 is 45.0. The lowest BCUT2D eigenvalue weighted by molar-refractivity contribution is -0.140. The number of rotatable bonds is 14. The van der Waals surface area contributed by atoms with Gasteiger partial charge in [-0.3, -0.25) is 13.9 Å². The summed E-state index contributed by atoms with van der Waals surface area (Å²) in [4.78, 5) is 28.4. The third-order valence-electron chi connectivity index (χ3n) is 6.49. The number of likely N-dealkylation sites (N-methyl/N-ethyl adjacent to an activating group) is 1. The number of anilines is 1. The Morgan fingerprint density at radius 1 is 0.854 bits per heavy atom. The quantitative estimate of drug-likeness (QED) is 0.307. The van der Waals surface area contributed by atoms with E-state index < -0.39 is 28.5 Å². The number of hydrogen-bond donors (Lipinski definition) is 1. The van der Waals surface area contributed by atoms with Crippen molar-refractivity contribution in [1.29, 1.82) is 0 Å². The lowest BCUT2D eigenvalue weighted by Gasteiger charge is -2.33. The van der Waals surface area contributed by atoms with Crippen LogP contribution < -0.4 is 23.8 Å². The van der Waals surface area contributed by atoms with E-state index in [1.54, 1.807) is 69.5 Å². The van der Waals surface area contributed by atoms with Gasteiger partial charge in [0.1, 0.15) is 18.3 Å². The van der Waals surface area contributed by atoms with Crippen molar-refractivity contribution < 1.29 is 32.2 Å². The molecule has 10 nitrogen and oxygen atoms in total. The summed E-state index contributed by atoms with van der Waals surface area (Å²) in [7, 11) is 0.154. The van der Waals surface area contributed by atoms with Crippen LogP contribution in [0.25, 0.3) is 0 Å². The molecule has 3 rings (SSSR count). The summed E-state index contributed by atoms with van der Waals surface area (Å²) in [5.74, 6) is 0.336. The number of methoxy groups -OCH3 is 3. The minimum absolute atomic E-state index is 0.0741. The number of nitrogens with zero attached hydrogens (tertiary/aromatic N) is 2.